The first kappa shape index (κ1) is 10.2. The van der Waals surface area contributed by atoms with Crippen LogP contribution >= 0.6 is 0 Å². The van der Waals surface area contributed by atoms with Crippen molar-refractivity contribution in [2.75, 3.05) is 19.0 Å². The molecule has 82 valence electrons. The second kappa shape index (κ2) is 4.06. The van der Waals surface area contributed by atoms with Crippen LogP contribution in [0.2, 0.25) is 0 Å². The summed E-state index contributed by atoms with van der Waals surface area (Å²) in [5, 5.41) is 0. The van der Waals surface area contributed by atoms with Crippen molar-refractivity contribution in [2.45, 2.75) is 25.5 Å². The van der Waals surface area contributed by atoms with E-state index in [9.17, 15) is 0 Å². The number of anilines is 1. The van der Waals surface area contributed by atoms with Crippen LogP contribution in [0.5, 0.6) is 5.75 Å². The lowest BCUT2D eigenvalue weighted by Gasteiger charge is -2.16. The smallest absolute Gasteiger partial charge is 0.138 e. The summed E-state index contributed by atoms with van der Waals surface area (Å²) >= 11 is 0. The molecule has 0 saturated heterocycles. The Bertz CT molecular complexity index is 348. The Morgan fingerprint density at radius 2 is 2.27 bits per heavy atom. The zero-order valence-corrected chi connectivity index (χ0v) is 9.23. The SMILES string of the molecule is CN(C)c1ncc(OC2CC2)cc1CN. The van der Waals surface area contributed by atoms with Crippen molar-refractivity contribution in [3.8, 4) is 5.75 Å². The van der Waals surface area contributed by atoms with Gasteiger partial charge in [0, 0.05) is 26.2 Å². The van der Waals surface area contributed by atoms with Crippen LogP contribution in [0.4, 0.5) is 5.82 Å². The fourth-order valence-corrected chi connectivity index (χ4v) is 1.48. The quantitative estimate of drug-likeness (QED) is 0.804. The maximum absolute atomic E-state index is 5.68. The van der Waals surface area contributed by atoms with Crippen LogP contribution in [0.1, 0.15) is 18.4 Å². The molecule has 4 nitrogen and oxygen atoms in total. The molecule has 1 aliphatic carbocycles. The number of rotatable bonds is 4. The van der Waals surface area contributed by atoms with E-state index in [1.165, 1.54) is 0 Å². The molecule has 1 heterocycles. The van der Waals surface area contributed by atoms with Gasteiger partial charge in [-0.2, -0.15) is 0 Å². The summed E-state index contributed by atoms with van der Waals surface area (Å²) in [6.45, 7) is 0.488. The molecule has 2 rings (SSSR count). The third kappa shape index (κ3) is 2.39. The van der Waals surface area contributed by atoms with Crippen LogP contribution in [0, 0.1) is 0 Å². The minimum atomic E-state index is 0.405. The van der Waals surface area contributed by atoms with Crippen molar-refractivity contribution in [2.24, 2.45) is 5.73 Å². The minimum Gasteiger partial charge on any atom is -0.489 e. The highest BCUT2D eigenvalue weighted by Crippen LogP contribution is 2.28. The van der Waals surface area contributed by atoms with Crippen LogP contribution in [0.25, 0.3) is 0 Å². The van der Waals surface area contributed by atoms with E-state index in [0.29, 0.717) is 12.6 Å². The zero-order valence-electron chi connectivity index (χ0n) is 9.23. The predicted molar refractivity (Wildman–Crippen MR) is 60.1 cm³/mol. The molecule has 1 aliphatic rings. The molecule has 4 heteroatoms. The van der Waals surface area contributed by atoms with Gasteiger partial charge in [0.2, 0.25) is 0 Å². The molecular weight excluding hydrogens is 190 g/mol. The largest absolute Gasteiger partial charge is 0.489 e. The first-order chi connectivity index (χ1) is 7.20. The lowest BCUT2D eigenvalue weighted by Crippen LogP contribution is -2.15. The van der Waals surface area contributed by atoms with E-state index in [0.717, 1.165) is 30.0 Å². The van der Waals surface area contributed by atoms with Crippen LogP contribution in [0.15, 0.2) is 12.3 Å². The van der Waals surface area contributed by atoms with E-state index < -0.39 is 0 Å². The molecular formula is C11H17N3O. The Labute approximate surface area is 90.0 Å². The van der Waals surface area contributed by atoms with Gasteiger partial charge in [-0.3, -0.25) is 0 Å². The third-order valence-electron chi connectivity index (χ3n) is 2.39. The van der Waals surface area contributed by atoms with Gasteiger partial charge in [0.1, 0.15) is 11.6 Å². The van der Waals surface area contributed by atoms with Gasteiger partial charge in [-0.05, 0) is 18.9 Å². The monoisotopic (exact) mass is 207 g/mol. The second-order valence-corrected chi connectivity index (χ2v) is 4.07. The van der Waals surface area contributed by atoms with Crippen LogP contribution < -0.4 is 15.4 Å². The molecule has 0 atom stereocenters. The molecule has 0 unspecified atom stereocenters. The molecule has 0 aliphatic heterocycles. The topological polar surface area (TPSA) is 51.4 Å². The van der Waals surface area contributed by atoms with Crippen molar-refractivity contribution in [1.29, 1.82) is 0 Å². The maximum atomic E-state index is 5.68. The highest BCUT2D eigenvalue weighted by atomic mass is 16.5. The van der Waals surface area contributed by atoms with Gasteiger partial charge in [-0.1, -0.05) is 0 Å². The third-order valence-corrected chi connectivity index (χ3v) is 2.39. The van der Waals surface area contributed by atoms with E-state index in [2.05, 4.69) is 4.98 Å². The Hall–Kier alpha value is -1.29. The zero-order chi connectivity index (χ0) is 10.8. The van der Waals surface area contributed by atoms with E-state index in [4.69, 9.17) is 10.5 Å². The van der Waals surface area contributed by atoms with Gasteiger partial charge in [-0.25, -0.2) is 4.98 Å². The average Bonchev–Trinajstić information content (AvgIpc) is 3.01. The summed E-state index contributed by atoms with van der Waals surface area (Å²) in [5.41, 5.74) is 6.71. The molecule has 15 heavy (non-hydrogen) atoms. The Morgan fingerprint density at radius 3 is 2.80 bits per heavy atom. The molecule has 1 fully saturated rings. The molecule has 0 aromatic carbocycles. The summed E-state index contributed by atoms with van der Waals surface area (Å²) in [7, 11) is 3.92. The summed E-state index contributed by atoms with van der Waals surface area (Å²) in [6, 6.07) is 1.99. The number of aromatic nitrogens is 1. The molecule has 0 bridgehead atoms. The predicted octanol–water partition coefficient (Wildman–Crippen LogP) is 1.15. The number of nitrogens with zero attached hydrogens (tertiary/aromatic N) is 2. The van der Waals surface area contributed by atoms with Crippen molar-refractivity contribution < 1.29 is 4.74 Å². The lowest BCUT2D eigenvalue weighted by atomic mass is 10.2. The first-order valence-corrected chi connectivity index (χ1v) is 5.23. The van der Waals surface area contributed by atoms with Gasteiger partial charge >= 0.3 is 0 Å². The standard InChI is InChI=1S/C11H17N3O/c1-14(2)11-8(6-12)5-10(7-13-11)15-9-3-4-9/h5,7,9H,3-4,6,12H2,1-2H3. The first-order valence-electron chi connectivity index (χ1n) is 5.23. The molecule has 0 radical (unpaired) electrons. The second-order valence-electron chi connectivity index (χ2n) is 4.07. The number of nitrogens with two attached hydrogens (primary N) is 1. The van der Waals surface area contributed by atoms with Gasteiger partial charge in [0.25, 0.3) is 0 Å². The Morgan fingerprint density at radius 1 is 1.53 bits per heavy atom. The fraction of sp³-hybridized carbons (Fsp3) is 0.545. The van der Waals surface area contributed by atoms with Gasteiger partial charge in [0.05, 0.1) is 12.3 Å². The normalized spacial score (nSPS) is 15.1. The highest BCUT2D eigenvalue weighted by Gasteiger charge is 2.23. The van der Waals surface area contributed by atoms with Gasteiger partial charge in [0.15, 0.2) is 0 Å². The van der Waals surface area contributed by atoms with Crippen LogP contribution in [-0.4, -0.2) is 25.2 Å². The lowest BCUT2D eigenvalue weighted by molar-refractivity contribution is 0.301. The van der Waals surface area contributed by atoms with Crippen molar-refractivity contribution in [1.82, 2.24) is 4.98 Å². The molecule has 0 spiro atoms. The van der Waals surface area contributed by atoms with Gasteiger partial charge < -0.3 is 15.4 Å². The number of ether oxygens (including phenoxy) is 1. The molecule has 1 aromatic heterocycles. The van der Waals surface area contributed by atoms with Crippen molar-refractivity contribution in [3.63, 3.8) is 0 Å². The number of hydrogen-bond donors (Lipinski definition) is 1. The summed E-state index contributed by atoms with van der Waals surface area (Å²) in [6.07, 6.45) is 4.50. The molecule has 0 amide bonds. The maximum Gasteiger partial charge on any atom is 0.138 e. The summed E-state index contributed by atoms with van der Waals surface area (Å²) < 4.78 is 5.67. The van der Waals surface area contributed by atoms with Crippen molar-refractivity contribution in [3.05, 3.63) is 17.8 Å². The van der Waals surface area contributed by atoms with E-state index >= 15 is 0 Å². The van der Waals surface area contributed by atoms with E-state index in [1.54, 1.807) is 6.20 Å². The average molecular weight is 207 g/mol. The summed E-state index contributed by atoms with van der Waals surface area (Å²) in [5.74, 6) is 1.75. The van der Waals surface area contributed by atoms with E-state index in [-0.39, 0.29) is 0 Å². The van der Waals surface area contributed by atoms with Crippen molar-refractivity contribution >= 4 is 5.82 Å². The number of hydrogen-bond acceptors (Lipinski definition) is 4. The molecule has 1 saturated carbocycles. The minimum absolute atomic E-state index is 0.405. The molecule has 2 N–H and O–H groups in total. The summed E-state index contributed by atoms with van der Waals surface area (Å²) in [4.78, 5) is 6.31. The Kier molecular flexibility index (Phi) is 2.77. The van der Waals surface area contributed by atoms with E-state index in [1.807, 2.05) is 25.1 Å². The Balaban J connectivity index is 2.20. The van der Waals surface area contributed by atoms with Crippen LogP contribution in [-0.2, 0) is 6.54 Å². The van der Waals surface area contributed by atoms with Crippen LogP contribution in [0.3, 0.4) is 0 Å². The fourth-order valence-electron chi connectivity index (χ4n) is 1.48. The molecule has 1 aromatic rings. The number of pyridine rings is 1. The highest BCUT2D eigenvalue weighted by molar-refractivity contribution is 5.48. The van der Waals surface area contributed by atoms with Gasteiger partial charge in [-0.15, -0.1) is 0 Å².